The first-order valence-electron chi connectivity index (χ1n) is 12.4. The molecular formula is C27H38IN5O. The summed E-state index contributed by atoms with van der Waals surface area (Å²) in [7, 11) is 0. The Labute approximate surface area is 221 Å². The maximum absolute atomic E-state index is 12.8. The van der Waals surface area contributed by atoms with E-state index < -0.39 is 0 Å². The van der Waals surface area contributed by atoms with E-state index in [0.717, 1.165) is 26.1 Å². The first kappa shape index (κ1) is 26.5. The van der Waals surface area contributed by atoms with E-state index in [4.69, 9.17) is 4.99 Å². The molecule has 1 fully saturated rings. The highest BCUT2D eigenvalue weighted by molar-refractivity contribution is 14.0. The van der Waals surface area contributed by atoms with Gasteiger partial charge in [-0.15, -0.1) is 24.0 Å². The van der Waals surface area contributed by atoms with E-state index in [1.807, 2.05) is 17.9 Å². The Bertz CT molecular complexity index is 940. The van der Waals surface area contributed by atoms with Crippen LogP contribution in [-0.2, 0) is 30.8 Å². The molecule has 0 radical (unpaired) electrons. The van der Waals surface area contributed by atoms with Crippen molar-refractivity contribution < 1.29 is 4.79 Å². The van der Waals surface area contributed by atoms with Crippen LogP contribution < -0.4 is 10.6 Å². The fourth-order valence-corrected chi connectivity index (χ4v) is 4.62. The van der Waals surface area contributed by atoms with Crippen molar-refractivity contribution in [1.82, 2.24) is 20.4 Å². The summed E-state index contributed by atoms with van der Waals surface area (Å²) in [5.41, 5.74) is 5.14. The molecule has 2 aromatic carbocycles. The minimum absolute atomic E-state index is 0. The van der Waals surface area contributed by atoms with Gasteiger partial charge in [0.2, 0.25) is 5.91 Å². The van der Waals surface area contributed by atoms with Crippen molar-refractivity contribution in [3.05, 3.63) is 70.8 Å². The monoisotopic (exact) mass is 575 g/mol. The van der Waals surface area contributed by atoms with Crippen LogP contribution in [0.5, 0.6) is 0 Å². The van der Waals surface area contributed by atoms with Crippen LogP contribution >= 0.6 is 24.0 Å². The van der Waals surface area contributed by atoms with Gasteiger partial charge in [-0.3, -0.25) is 9.69 Å². The first-order chi connectivity index (χ1) is 16.2. The van der Waals surface area contributed by atoms with Crippen LogP contribution in [0.25, 0.3) is 0 Å². The second-order valence-electron chi connectivity index (χ2n) is 9.04. The lowest BCUT2D eigenvalue weighted by atomic mass is 10.00. The maximum Gasteiger partial charge on any atom is 0.242 e. The van der Waals surface area contributed by atoms with Gasteiger partial charge in [0.15, 0.2) is 5.96 Å². The average Bonchev–Trinajstić information content (AvgIpc) is 2.86. The third-order valence-electron chi connectivity index (χ3n) is 6.53. The second-order valence-corrected chi connectivity index (χ2v) is 9.04. The van der Waals surface area contributed by atoms with Crippen molar-refractivity contribution in [2.45, 2.75) is 52.2 Å². The fourth-order valence-electron chi connectivity index (χ4n) is 4.62. The number of guanidine groups is 1. The zero-order valence-electron chi connectivity index (χ0n) is 20.3. The van der Waals surface area contributed by atoms with Crippen LogP contribution in [0.4, 0.5) is 0 Å². The molecule has 0 atom stereocenters. The van der Waals surface area contributed by atoms with Crippen molar-refractivity contribution in [3.63, 3.8) is 0 Å². The number of piperidine rings is 1. The fraction of sp³-hybridized carbons (Fsp3) is 0.481. The predicted molar refractivity (Wildman–Crippen MR) is 149 cm³/mol. The van der Waals surface area contributed by atoms with Gasteiger partial charge in [-0.05, 0) is 61.5 Å². The summed E-state index contributed by atoms with van der Waals surface area (Å²) >= 11 is 0. The Balaban J connectivity index is 0.00000324. The van der Waals surface area contributed by atoms with Crippen molar-refractivity contribution in [2.75, 3.05) is 32.7 Å². The molecule has 0 spiro atoms. The summed E-state index contributed by atoms with van der Waals surface area (Å²) in [6.45, 7) is 8.56. The van der Waals surface area contributed by atoms with Gasteiger partial charge in [-0.25, -0.2) is 4.99 Å². The summed E-state index contributed by atoms with van der Waals surface area (Å²) in [5.74, 6) is 0.790. The molecule has 1 amide bonds. The van der Waals surface area contributed by atoms with Gasteiger partial charge in [-0.2, -0.15) is 0 Å². The number of likely N-dealkylation sites (tertiary alicyclic amines) is 1. The molecule has 1 saturated heterocycles. The standard InChI is InChI=1S/C27H37N5O.HI/c1-2-28-27(30-19-26(33)32-17-14-24-8-4-5-9-25(24)21-32)29-18-22-10-12-23(13-11-22)20-31-15-6-3-7-16-31;/h4-5,8-13H,2-3,6-7,14-21H2,1H3,(H2,28,29,30);1H. The molecule has 2 heterocycles. The Morgan fingerprint density at radius 1 is 0.912 bits per heavy atom. The van der Waals surface area contributed by atoms with Crippen LogP contribution in [-0.4, -0.2) is 54.4 Å². The molecule has 2 aliphatic rings. The van der Waals surface area contributed by atoms with E-state index in [2.05, 4.69) is 58.0 Å². The van der Waals surface area contributed by atoms with Crippen molar-refractivity contribution in [2.24, 2.45) is 4.99 Å². The molecule has 0 unspecified atom stereocenters. The number of carbonyl (C=O) groups is 1. The van der Waals surface area contributed by atoms with E-state index in [1.165, 1.54) is 54.6 Å². The molecule has 184 valence electrons. The highest BCUT2D eigenvalue weighted by Crippen LogP contribution is 2.18. The zero-order valence-corrected chi connectivity index (χ0v) is 22.6. The number of benzene rings is 2. The number of amides is 1. The Morgan fingerprint density at radius 2 is 1.62 bits per heavy atom. The average molecular weight is 576 g/mol. The van der Waals surface area contributed by atoms with Gasteiger partial charge in [0.05, 0.1) is 13.1 Å². The summed E-state index contributed by atoms with van der Waals surface area (Å²) < 4.78 is 0. The third kappa shape index (κ3) is 7.70. The molecule has 2 aliphatic heterocycles. The van der Waals surface area contributed by atoms with Gasteiger partial charge in [-0.1, -0.05) is 55.0 Å². The highest BCUT2D eigenvalue weighted by atomic mass is 127. The Hall–Kier alpha value is -2.13. The van der Waals surface area contributed by atoms with Crippen LogP contribution in [0.3, 0.4) is 0 Å². The third-order valence-corrected chi connectivity index (χ3v) is 6.53. The molecular weight excluding hydrogens is 537 g/mol. The van der Waals surface area contributed by atoms with Crippen LogP contribution in [0.2, 0.25) is 0 Å². The summed E-state index contributed by atoms with van der Waals surface area (Å²) in [4.78, 5) is 21.9. The molecule has 34 heavy (non-hydrogen) atoms. The highest BCUT2D eigenvalue weighted by Gasteiger charge is 2.20. The van der Waals surface area contributed by atoms with E-state index in [9.17, 15) is 4.79 Å². The summed E-state index contributed by atoms with van der Waals surface area (Å²) in [5, 5.41) is 6.47. The molecule has 6 nitrogen and oxygen atoms in total. The largest absolute Gasteiger partial charge is 0.357 e. The van der Waals surface area contributed by atoms with E-state index in [0.29, 0.717) is 19.0 Å². The molecule has 2 N–H and O–H groups in total. The van der Waals surface area contributed by atoms with Crippen molar-refractivity contribution in [3.8, 4) is 0 Å². The number of carbonyl (C=O) groups excluding carboxylic acids is 1. The number of fused-ring (bicyclic) bond motifs is 1. The SMILES string of the molecule is CCNC(=NCc1ccc(CN2CCCCC2)cc1)NCC(=O)N1CCc2ccccc2C1.I. The van der Waals surface area contributed by atoms with Gasteiger partial charge < -0.3 is 15.5 Å². The molecule has 4 rings (SSSR count). The number of hydrogen-bond donors (Lipinski definition) is 2. The molecule has 7 heteroatoms. The van der Waals surface area contributed by atoms with Gasteiger partial charge in [0.25, 0.3) is 0 Å². The van der Waals surface area contributed by atoms with Gasteiger partial charge >= 0.3 is 0 Å². The quantitative estimate of drug-likeness (QED) is 0.299. The van der Waals surface area contributed by atoms with Crippen molar-refractivity contribution in [1.29, 1.82) is 0 Å². The number of halogens is 1. The lowest BCUT2D eigenvalue weighted by Gasteiger charge is -2.29. The Kier molecular flexibility index (Phi) is 10.7. The van der Waals surface area contributed by atoms with Gasteiger partial charge in [0, 0.05) is 26.2 Å². The van der Waals surface area contributed by atoms with Crippen LogP contribution in [0, 0.1) is 0 Å². The first-order valence-corrected chi connectivity index (χ1v) is 12.4. The Morgan fingerprint density at radius 3 is 2.35 bits per heavy atom. The minimum atomic E-state index is 0. The number of nitrogens with zero attached hydrogens (tertiary/aromatic N) is 3. The summed E-state index contributed by atoms with van der Waals surface area (Å²) in [6.07, 6.45) is 4.93. The lowest BCUT2D eigenvalue weighted by molar-refractivity contribution is -0.130. The van der Waals surface area contributed by atoms with E-state index >= 15 is 0 Å². The summed E-state index contributed by atoms with van der Waals surface area (Å²) in [6, 6.07) is 17.2. The maximum atomic E-state index is 12.8. The lowest BCUT2D eigenvalue weighted by Crippen LogP contribution is -2.45. The van der Waals surface area contributed by atoms with E-state index in [1.54, 1.807) is 0 Å². The number of hydrogen-bond acceptors (Lipinski definition) is 3. The van der Waals surface area contributed by atoms with Gasteiger partial charge in [0.1, 0.15) is 0 Å². The zero-order chi connectivity index (χ0) is 22.9. The minimum Gasteiger partial charge on any atom is -0.357 e. The second kappa shape index (κ2) is 13.7. The van der Waals surface area contributed by atoms with Crippen molar-refractivity contribution >= 4 is 35.8 Å². The molecule has 2 aromatic rings. The predicted octanol–water partition coefficient (Wildman–Crippen LogP) is 3.93. The van der Waals surface area contributed by atoms with E-state index in [-0.39, 0.29) is 36.4 Å². The number of aliphatic imine (C=N–C) groups is 1. The number of rotatable bonds is 7. The molecule has 0 saturated carbocycles. The topological polar surface area (TPSA) is 60.0 Å². The molecule has 0 aliphatic carbocycles. The van der Waals surface area contributed by atoms with Crippen LogP contribution in [0.1, 0.15) is 48.4 Å². The smallest absolute Gasteiger partial charge is 0.242 e. The molecule has 0 aromatic heterocycles. The molecule has 0 bridgehead atoms. The normalized spacial score (nSPS) is 16.4. The van der Waals surface area contributed by atoms with Crippen LogP contribution in [0.15, 0.2) is 53.5 Å². The number of nitrogens with one attached hydrogen (secondary N) is 2.